The van der Waals surface area contributed by atoms with Gasteiger partial charge in [-0.15, -0.1) is 0 Å². The Morgan fingerprint density at radius 3 is 1.89 bits per heavy atom. The van der Waals surface area contributed by atoms with E-state index in [1.807, 2.05) is 13.8 Å². The minimum absolute atomic E-state index is 0.0131. The molecule has 2 nitrogen and oxygen atoms in total. The number of rotatable bonds is 13. The topological polar surface area (TPSA) is 23.5 Å². The van der Waals surface area contributed by atoms with Crippen LogP contribution in [0.5, 0.6) is 0 Å². The van der Waals surface area contributed by atoms with E-state index in [9.17, 15) is 5.11 Å². The average Bonchev–Trinajstić information content (AvgIpc) is 2.82. The summed E-state index contributed by atoms with van der Waals surface area (Å²) in [7, 11) is 2.09. The fourth-order valence-corrected chi connectivity index (χ4v) is 5.33. The first-order chi connectivity index (χ1) is 16.9. The molecule has 2 rings (SSSR count). The minimum Gasteiger partial charge on any atom is -0.388 e. The van der Waals surface area contributed by atoms with E-state index in [1.54, 1.807) is 0 Å². The van der Waals surface area contributed by atoms with Gasteiger partial charge in [-0.25, -0.2) is 0 Å². The number of allylic oxidation sites excluding steroid dienone is 1. The fraction of sp³-hybridized carbons (Fsp3) is 0.588. The molecule has 0 saturated heterocycles. The van der Waals surface area contributed by atoms with Crippen LogP contribution >= 0.6 is 0 Å². The summed E-state index contributed by atoms with van der Waals surface area (Å²) in [6.07, 6.45) is 13.2. The van der Waals surface area contributed by atoms with Crippen LogP contribution in [0.1, 0.15) is 121 Å². The Hall–Kier alpha value is -2.06. The molecule has 2 heteroatoms. The second-order valence-corrected chi connectivity index (χ2v) is 11.8. The molecule has 2 aromatic rings. The van der Waals surface area contributed by atoms with E-state index in [0.717, 1.165) is 12.8 Å². The maximum Gasteiger partial charge on any atom is 0.0816 e. The molecule has 0 unspecified atom stereocenters. The average molecular weight is 492 g/mol. The minimum atomic E-state index is -0.827. The van der Waals surface area contributed by atoms with Crippen molar-refractivity contribution in [2.75, 3.05) is 11.9 Å². The predicted octanol–water partition coefficient (Wildman–Crippen LogP) is 9.38. The summed E-state index contributed by atoms with van der Waals surface area (Å²) in [5.41, 5.74) is 6.64. The number of anilines is 1. The Kier molecular flexibility index (Phi) is 10.4. The molecule has 0 aliphatic rings. The number of benzene rings is 2. The second-order valence-electron chi connectivity index (χ2n) is 11.8. The molecule has 0 fully saturated rings. The van der Waals surface area contributed by atoms with E-state index < -0.39 is 11.1 Å². The highest BCUT2D eigenvalue weighted by Gasteiger charge is 2.39. The Labute approximate surface area is 222 Å². The van der Waals surface area contributed by atoms with E-state index in [1.165, 1.54) is 65.6 Å². The zero-order valence-corrected chi connectivity index (χ0v) is 25.0. The summed E-state index contributed by atoms with van der Waals surface area (Å²) in [6, 6.07) is 14.0. The number of aryl methyl sites for hydroxylation is 2. The molecule has 2 aromatic carbocycles. The first-order valence-corrected chi connectivity index (χ1v) is 14.2. The lowest BCUT2D eigenvalue weighted by atomic mass is 9.69. The van der Waals surface area contributed by atoms with Gasteiger partial charge in [-0.05, 0) is 101 Å². The number of hydrogen-bond acceptors (Lipinski definition) is 2. The summed E-state index contributed by atoms with van der Waals surface area (Å²) in [5.74, 6) is 0. The maximum absolute atomic E-state index is 10.8. The standard InChI is InChI=1S/C34H53NO/c1-11-14-15-16-17-18-19-28-20-21-29(24-26(28)4)34(12-2,13-3)30-22-23-31(27(5)25-30)35(10)32(6,7)33(8,9)36/h18-25,36H,11-17H2,1-10H3/b19-18+. The van der Waals surface area contributed by atoms with Gasteiger partial charge in [-0.3, -0.25) is 0 Å². The zero-order valence-electron chi connectivity index (χ0n) is 25.0. The molecule has 0 aliphatic heterocycles. The Bertz CT molecular complexity index is 1000. The number of likely N-dealkylation sites (N-methyl/N-ethyl adjacent to an activating group) is 1. The van der Waals surface area contributed by atoms with Gasteiger partial charge in [0.1, 0.15) is 0 Å². The highest BCUT2D eigenvalue weighted by Crippen LogP contribution is 2.42. The van der Waals surface area contributed by atoms with Gasteiger partial charge in [-0.2, -0.15) is 0 Å². The van der Waals surface area contributed by atoms with Gasteiger partial charge in [-0.1, -0.05) is 82.5 Å². The number of aliphatic hydroxyl groups is 1. The molecule has 0 bridgehead atoms. The lowest BCUT2D eigenvalue weighted by Crippen LogP contribution is -2.57. The zero-order chi connectivity index (χ0) is 27.1. The van der Waals surface area contributed by atoms with Crippen LogP contribution < -0.4 is 4.90 Å². The molecule has 0 amide bonds. The van der Waals surface area contributed by atoms with Gasteiger partial charge in [0.15, 0.2) is 0 Å². The molecule has 36 heavy (non-hydrogen) atoms. The van der Waals surface area contributed by atoms with Crippen LogP contribution in [0, 0.1) is 13.8 Å². The van der Waals surface area contributed by atoms with E-state index in [4.69, 9.17) is 0 Å². The molecule has 0 radical (unpaired) electrons. The van der Waals surface area contributed by atoms with Crippen LogP contribution in [0.15, 0.2) is 42.5 Å². The van der Waals surface area contributed by atoms with Gasteiger partial charge in [0.05, 0.1) is 11.1 Å². The molecule has 200 valence electrons. The number of unbranched alkanes of at least 4 members (excludes halogenated alkanes) is 4. The molecule has 0 heterocycles. The van der Waals surface area contributed by atoms with Gasteiger partial charge >= 0.3 is 0 Å². The van der Waals surface area contributed by atoms with E-state index in [0.29, 0.717) is 0 Å². The first-order valence-electron chi connectivity index (χ1n) is 14.2. The van der Waals surface area contributed by atoms with Crippen molar-refractivity contribution >= 4 is 11.8 Å². The van der Waals surface area contributed by atoms with Crippen molar-refractivity contribution in [3.05, 3.63) is 70.3 Å². The third-order valence-corrected chi connectivity index (χ3v) is 9.00. The van der Waals surface area contributed by atoms with Gasteiger partial charge in [0.2, 0.25) is 0 Å². The lowest BCUT2D eigenvalue weighted by Gasteiger charge is -2.46. The SMILES string of the molecule is CCCCCC/C=C/c1ccc(C(CC)(CC)c2ccc(N(C)C(C)(C)C(C)(C)O)c(C)c2)cc1C. The Balaban J connectivity index is 2.38. The van der Waals surface area contributed by atoms with Crippen molar-refractivity contribution in [1.29, 1.82) is 0 Å². The summed E-state index contributed by atoms with van der Waals surface area (Å²) in [4.78, 5) is 2.22. The van der Waals surface area contributed by atoms with Gasteiger partial charge < -0.3 is 10.0 Å². The third kappa shape index (κ3) is 6.43. The van der Waals surface area contributed by atoms with Crippen LogP contribution in [0.4, 0.5) is 5.69 Å². The van der Waals surface area contributed by atoms with Crippen molar-refractivity contribution < 1.29 is 5.11 Å². The highest BCUT2D eigenvalue weighted by atomic mass is 16.3. The quantitative estimate of drug-likeness (QED) is 0.282. The molecule has 0 atom stereocenters. The molecule has 0 aromatic heterocycles. The fourth-order valence-electron chi connectivity index (χ4n) is 5.33. The first kappa shape index (κ1) is 30.2. The molecule has 0 spiro atoms. The number of hydrogen-bond donors (Lipinski definition) is 1. The van der Waals surface area contributed by atoms with Crippen LogP contribution in [-0.2, 0) is 5.41 Å². The second kappa shape index (κ2) is 12.5. The smallest absolute Gasteiger partial charge is 0.0816 e. The van der Waals surface area contributed by atoms with Gasteiger partial charge in [0, 0.05) is 18.2 Å². The summed E-state index contributed by atoms with van der Waals surface area (Å²) in [5, 5.41) is 10.8. The monoisotopic (exact) mass is 491 g/mol. The van der Waals surface area contributed by atoms with Crippen LogP contribution in [0.2, 0.25) is 0 Å². The van der Waals surface area contributed by atoms with E-state index in [2.05, 4.69) is 109 Å². The van der Waals surface area contributed by atoms with Crippen molar-refractivity contribution in [1.82, 2.24) is 0 Å². The molecule has 1 N–H and O–H groups in total. The summed E-state index contributed by atoms with van der Waals surface area (Å²) in [6.45, 7) is 19.3. The Morgan fingerprint density at radius 2 is 1.39 bits per heavy atom. The van der Waals surface area contributed by atoms with Crippen molar-refractivity contribution in [3.8, 4) is 0 Å². The van der Waals surface area contributed by atoms with Crippen molar-refractivity contribution in [2.24, 2.45) is 0 Å². The normalized spacial score (nSPS) is 13.0. The molecule has 0 aliphatic carbocycles. The van der Waals surface area contributed by atoms with E-state index in [-0.39, 0.29) is 5.41 Å². The molecular weight excluding hydrogens is 438 g/mol. The van der Waals surface area contributed by atoms with Crippen LogP contribution in [0.3, 0.4) is 0 Å². The van der Waals surface area contributed by atoms with Crippen LogP contribution in [0.25, 0.3) is 6.08 Å². The maximum atomic E-state index is 10.8. The van der Waals surface area contributed by atoms with Crippen molar-refractivity contribution in [3.63, 3.8) is 0 Å². The van der Waals surface area contributed by atoms with Crippen molar-refractivity contribution in [2.45, 2.75) is 124 Å². The van der Waals surface area contributed by atoms with E-state index >= 15 is 0 Å². The molecule has 0 saturated carbocycles. The summed E-state index contributed by atoms with van der Waals surface area (Å²) >= 11 is 0. The third-order valence-electron chi connectivity index (χ3n) is 9.00. The van der Waals surface area contributed by atoms with Gasteiger partial charge in [0.25, 0.3) is 0 Å². The highest BCUT2D eigenvalue weighted by molar-refractivity contribution is 5.59. The Morgan fingerprint density at radius 1 is 0.806 bits per heavy atom. The summed E-state index contributed by atoms with van der Waals surface area (Å²) < 4.78 is 0. The largest absolute Gasteiger partial charge is 0.388 e. The lowest BCUT2D eigenvalue weighted by molar-refractivity contribution is 0.0122. The number of nitrogens with zero attached hydrogens (tertiary/aromatic N) is 1. The molecular formula is C34H53NO. The predicted molar refractivity (Wildman–Crippen MR) is 160 cm³/mol. The van der Waals surface area contributed by atoms with Crippen LogP contribution in [-0.4, -0.2) is 23.3 Å².